The van der Waals surface area contributed by atoms with Gasteiger partial charge in [-0.15, -0.1) is 0 Å². The van der Waals surface area contributed by atoms with Gasteiger partial charge in [0.2, 0.25) is 0 Å². The molecule has 0 saturated heterocycles. The Hall–Kier alpha value is -1.15. The molecule has 1 aromatic carbocycles. The third-order valence-corrected chi connectivity index (χ3v) is 1.74. The predicted octanol–water partition coefficient (Wildman–Crippen LogP) is 1.97. The van der Waals surface area contributed by atoms with Crippen molar-refractivity contribution in [2.45, 2.75) is 6.42 Å². The standard InChI is InChI=1S/C10H12FN/c1-2-8-4-3-5-9(6-7-12)10(8)11/h2-5H,1,6-7,12H2. The second kappa shape index (κ2) is 4.02. The van der Waals surface area contributed by atoms with E-state index in [1.165, 1.54) is 6.08 Å². The van der Waals surface area contributed by atoms with Gasteiger partial charge in [0.05, 0.1) is 0 Å². The smallest absolute Gasteiger partial charge is 0.133 e. The van der Waals surface area contributed by atoms with Gasteiger partial charge in [-0.1, -0.05) is 30.9 Å². The lowest BCUT2D eigenvalue weighted by Crippen LogP contribution is -2.04. The Morgan fingerprint density at radius 2 is 2.25 bits per heavy atom. The average molecular weight is 165 g/mol. The fraction of sp³-hybridized carbons (Fsp3) is 0.200. The molecule has 2 heteroatoms. The first kappa shape index (κ1) is 8.94. The molecule has 0 amide bonds. The Kier molecular flexibility index (Phi) is 3.00. The molecular formula is C10H12FN. The van der Waals surface area contributed by atoms with E-state index in [4.69, 9.17) is 5.73 Å². The molecule has 0 fully saturated rings. The van der Waals surface area contributed by atoms with Crippen LogP contribution >= 0.6 is 0 Å². The van der Waals surface area contributed by atoms with Gasteiger partial charge in [0.15, 0.2) is 0 Å². The van der Waals surface area contributed by atoms with Crippen LogP contribution in [0.4, 0.5) is 4.39 Å². The van der Waals surface area contributed by atoms with E-state index in [0.29, 0.717) is 24.1 Å². The molecule has 0 aliphatic heterocycles. The van der Waals surface area contributed by atoms with Crippen LogP contribution in [-0.4, -0.2) is 6.54 Å². The minimum Gasteiger partial charge on any atom is -0.330 e. The highest BCUT2D eigenvalue weighted by Gasteiger charge is 2.03. The van der Waals surface area contributed by atoms with E-state index >= 15 is 0 Å². The number of benzene rings is 1. The van der Waals surface area contributed by atoms with Crippen molar-refractivity contribution in [2.24, 2.45) is 5.73 Å². The van der Waals surface area contributed by atoms with Crippen LogP contribution in [-0.2, 0) is 6.42 Å². The van der Waals surface area contributed by atoms with Gasteiger partial charge in [-0.05, 0) is 18.5 Å². The minimum atomic E-state index is -0.196. The molecule has 0 unspecified atom stereocenters. The summed E-state index contributed by atoms with van der Waals surface area (Å²) in [5.74, 6) is -0.196. The van der Waals surface area contributed by atoms with Crippen LogP contribution in [0.3, 0.4) is 0 Å². The summed E-state index contributed by atoms with van der Waals surface area (Å²) in [6, 6.07) is 5.25. The first-order chi connectivity index (χ1) is 5.79. The third kappa shape index (κ3) is 1.71. The number of nitrogens with two attached hydrogens (primary N) is 1. The van der Waals surface area contributed by atoms with Crippen molar-refractivity contribution >= 4 is 6.08 Å². The molecule has 1 nitrogen and oxygen atoms in total. The molecule has 0 radical (unpaired) electrons. The van der Waals surface area contributed by atoms with Crippen molar-refractivity contribution < 1.29 is 4.39 Å². The Bertz CT molecular complexity index is 281. The number of halogens is 1. The lowest BCUT2D eigenvalue weighted by atomic mass is 10.1. The first-order valence-corrected chi connectivity index (χ1v) is 3.89. The van der Waals surface area contributed by atoms with Gasteiger partial charge >= 0.3 is 0 Å². The Balaban J connectivity index is 3.04. The monoisotopic (exact) mass is 165 g/mol. The molecule has 0 aliphatic carbocycles. The van der Waals surface area contributed by atoms with Crippen LogP contribution in [0.1, 0.15) is 11.1 Å². The zero-order chi connectivity index (χ0) is 8.97. The number of hydrogen-bond acceptors (Lipinski definition) is 1. The van der Waals surface area contributed by atoms with Gasteiger partial charge in [0, 0.05) is 5.56 Å². The third-order valence-electron chi connectivity index (χ3n) is 1.74. The van der Waals surface area contributed by atoms with Gasteiger partial charge in [0.25, 0.3) is 0 Å². The Morgan fingerprint density at radius 1 is 1.50 bits per heavy atom. The van der Waals surface area contributed by atoms with Crippen molar-refractivity contribution in [2.75, 3.05) is 6.54 Å². The fourth-order valence-electron chi connectivity index (χ4n) is 1.11. The molecule has 1 rings (SSSR count). The van der Waals surface area contributed by atoms with Crippen LogP contribution in [0.15, 0.2) is 24.8 Å². The zero-order valence-corrected chi connectivity index (χ0v) is 6.89. The van der Waals surface area contributed by atoms with Crippen molar-refractivity contribution in [3.8, 4) is 0 Å². The summed E-state index contributed by atoms with van der Waals surface area (Å²) in [5.41, 5.74) is 6.53. The molecule has 0 spiro atoms. The highest BCUT2D eigenvalue weighted by molar-refractivity contribution is 5.49. The summed E-state index contributed by atoms with van der Waals surface area (Å²) >= 11 is 0. The molecule has 0 bridgehead atoms. The Labute approximate surface area is 71.7 Å². The lowest BCUT2D eigenvalue weighted by Gasteiger charge is -2.02. The summed E-state index contributed by atoms with van der Waals surface area (Å²) in [5, 5.41) is 0. The summed E-state index contributed by atoms with van der Waals surface area (Å²) in [6.07, 6.45) is 2.09. The van der Waals surface area contributed by atoms with Gasteiger partial charge in [0.1, 0.15) is 5.82 Å². The second-order valence-electron chi connectivity index (χ2n) is 2.56. The SMILES string of the molecule is C=Cc1cccc(CCN)c1F. The van der Waals surface area contributed by atoms with Crippen LogP contribution < -0.4 is 5.73 Å². The first-order valence-electron chi connectivity index (χ1n) is 3.89. The van der Waals surface area contributed by atoms with Crippen molar-refractivity contribution in [1.82, 2.24) is 0 Å². The van der Waals surface area contributed by atoms with E-state index in [1.54, 1.807) is 12.1 Å². The average Bonchev–Trinajstić information content (AvgIpc) is 2.09. The molecule has 64 valence electrons. The van der Waals surface area contributed by atoms with Gasteiger partial charge in [-0.3, -0.25) is 0 Å². The van der Waals surface area contributed by atoms with Crippen LogP contribution in [0.5, 0.6) is 0 Å². The van der Waals surface area contributed by atoms with Crippen LogP contribution in [0.25, 0.3) is 6.08 Å². The minimum absolute atomic E-state index is 0.196. The van der Waals surface area contributed by atoms with Gasteiger partial charge in [-0.25, -0.2) is 4.39 Å². The maximum Gasteiger partial charge on any atom is 0.133 e. The van der Waals surface area contributed by atoms with E-state index < -0.39 is 0 Å². The molecule has 12 heavy (non-hydrogen) atoms. The quantitative estimate of drug-likeness (QED) is 0.728. The molecule has 0 aromatic heterocycles. The van der Waals surface area contributed by atoms with Crippen molar-refractivity contribution in [3.63, 3.8) is 0 Å². The molecule has 0 heterocycles. The second-order valence-corrected chi connectivity index (χ2v) is 2.56. The molecule has 0 atom stereocenters. The van der Waals surface area contributed by atoms with E-state index in [1.807, 2.05) is 6.07 Å². The molecular weight excluding hydrogens is 153 g/mol. The summed E-state index contributed by atoms with van der Waals surface area (Å²) in [7, 11) is 0. The number of rotatable bonds is 3. The van der Waals surface area contributed by atoms with E-state index in [0.717, 1.165) is 0 Å². The summed E-state index contributed by atoms with van der Waals surface area (Å²) in [6.45, 7) is 3.99. The highest BCUT2D eigenvalue weighted by atomic mass is 19.1. The summed E-state index contributed by atoms with van der Waals surface area (Å²) in [4.78, 5) is 0. The number of hydrogen-bond donors (Lipinski definition) is 1. The molecule has 2 N–H and O–H groups in total. The van der Waals surface area contributed by atoms with Gasteiger partial charge < -0.3 is 5.73 Å². The summed E-state index contributed by atoms with van der Waals surface area (Å²) < 4.78 is 13.3. The Morgan fingerprint density at radius 3 is 2.83 bits per heavy atom. The molecule has 0 saturated carbocycles. The van der Waals surface area contributed by atoms with E-state index in [2.05, 4.69) is 6.58 Å². The van der Waals surface area contributed by atoms with Gasteiger partial charge in [-0.2, -0.15) is 0 Å². The van der Waals surface area contributed by atoms with Crippen molar-refractivity contribution in [1.29, 1.82) is 0 Å². The largest absolute Gasteiger partial charge is 0.330 e. The van der Waals surface area contributed by atoms with E-state index in [-0.39, 0.29) is 5.82 Å². The maximum absolute atomic E-state index is 13.3. The fourth-order valence-corrected chi connectivity index (χ4v) is 1.11. The van der Waals surface area contributed by atoms with Crippen molar-refractivity contribution in [3.05, 3.63) is 41.7 Å². The van der Waals surface area contributed by atoms with Crippen LogP contribution in [0, 0.1) is 5.82 Å². The highest BCUT2D eigenvalue weighted by Crippen LogP contribution is 2.13. The predicted molar refractivity (Wildman–Crippen MR) is 49.2 cm³/mol. The molecule has 0 aliphatic rings. The topological polar surface area (TPSA) is 26.0 Å². The van der Waals surface area contributed by atoms with Crippen LogP contribution in [0.2, 0.25) is 0 Å². The zero-order valence-electron chi connectivity index (χ0n) is 6.89. The van der Waals surface area contributed by atoms with E-state index in [9.17, 15) is 4.39 Å². The maximum atomic E-state index is 13.3. The normalized spacial score (nSPS) is 9.83. The lowest BCUT2D eigenvalue weighted by molar-refractivity contribution is 0.607. The molecule has 1 aromatic rings.